The maximum absolute atomic E-state index is 10.3. The summed E-state index contributed by atoms with van der Waals surface area (Å²) < 4.78 is 0. The fourth-order valence-corrected chi connectivity index (χ4v) is 2.30. The fraction of sp³-hybridized carbons (Fsp3) is 0.615. The lowest BCUT2D eigenvalue weighted by molar-refractivity contribution is 0.0788. The Hall–Kier alpha value is -0.930. The second kappa shape index (κ2) is 4.93. The number of hydrogen-bond donors (Lipinski definition) is 2. The van der Waals surface area contributed by atoms with Crippen LogP contribution in [0.4, 0.5) is 0 Å². The summed E-state index contributed by atoms with van der Waals surface area (Å²) in [6.45, 7) is 2.57. The lowest BCUT2D eigenvalue weighted by Gasteiger charge is -2.26. The topological polar surface area (TPSA) is 59.1 Å². The molecule has 1 heterocycles. The van der Waals surface area contributed by atoms with Gasteiger partial charge in [0.15, 0.2) is 0 Å². The molecule has 3 atom stereocenters. The van der Waals surface area contributed by atoms with E-state index in [2.05, 4.69) is 11.9 Å². The van der Waals surface area contributed by atoms with E-state index in [1.54, 1.807) is 6.20 Å². The number of aromatic nitrogens is 1. The standard InChI is InChI=1S/C13H20N2O/c1-9(10-5-6-10)13(16)11(8-14)12-4-2-3-7-15-12/h2-4,7,9-11,13,16H,5-6,8,14H2,1H3. The molecule has 1 aliphatic carbocycles. The largest absolute Gasteiger partial charge is 0.392 e. The SMILES string of the molecule is CC(C1CC1)C(O)C(CN)c1ccccn1. The Labute approximate surface area is 96.7 Å². The van der Waals surface area contributed by atoms with Crippen molar-refractivity contribution in [1.29, 1.82) is 0 Å². The smallest absolute Gasteiger partial charge is 0.0664 e. The van der Waals surface area contributed by atoms with Crippen LogP contribution in [0.5, 0.6) is 0 Å². The second-order valence-corrected chi connectivity index (χ2v) is 4.78. The first-order valence-electron chi connectivity index (χ1n) is 6.03. The monoisotopic (exact) mass is 220 g/mol. The molecule has 3 N–H and O–H groups in total. The van der Waals surface area contributed by atoms with E-state index in [1.165, 1.54) is 12.8 Å². The van der Waals surface area contributed by atoms with E-state index in [0.717, 1.165) is 5.69 Å². The molecule has 0 amide bonds. The molecule has 1 aromatic heterocycles. The van der Waals surface area contributed by atoms with Crippen LogP contribution in [0.1, 0.15) is 31.4 Å². The van der Waals surface area contributed by atoms with E-state index in [1.807, 2.05) is 18.2 Å². The molecule has 0 aliphatic heterocycles. The first-order chi connectivity index (χ1) is 7.74. The van der Waals surface area contributed by atoms with E-state index >= 15 is 0 Å². The predicted octanol–water partition coefficient (Wildman–Crippen LogP) is 1.53. The quantitative estimate of drug-likeness (QED) is 0.791. The summed E-state index contributed by atoms with van der Waals surface area (Å²) in [4.78, 5) is 4.29. The zero-order valence-corrected chi connectivity index (χ0v) is 9.71. The molecule has 0 aromatic carbocycles. The highest BCUT2D eigenvalue weighted by molar-refractivity contribution is 5.12. The molecule has 1 saturated carbocycles. The Morgan fingerprint density at radius 3 is 2.75 bits per heavy atom. The number of rotatable bonds is 5. The van der Waals surface area contributed by atoms with Gasteiger partial charge in [0.2, 0.25) is 0 Å². The number of nitrogens with two attached hydrogens (primary N) is 1. The zero-order chi connectivity index (χ0) is 11.5. The Morgan fingerprint density at radius 1 is 1.50 bits per heavy atom. The summed E-state index contributed by atoms with van der Waals surface area (Å²) in [5.74, 6) is 0.986. The maximum atomic E-state index is 10.3. The van der Waals surface area contributed by atoms with Gasteiger partial charge in [-0.1, -0.05) is 13.0 Å². The molecule has 88 valence electrons. The highest BCUT2D eigenvalue weighted by Gasteiger charge is 2.36. The van der Waals surface area contributed by atoms with Crippen LogP contribution in [-0.4, -0.2) is 22.7 Å². The lowest BCUT2D eigenvalue weighted by atomic mass is 9.86. The minimum atomic E-state index is -0.368. The Bertz CT molecular complexity index is 324. The summed E-state index contributed by atoms with van der Waals surface area (Å²) in [6.07, 6.45) is 3.88. The van der Waals surface area contributed by atoms with Gasteiger partial charge < -0.3 is 10.8 Å². The molecule has 0 saturated heterocycles. The Morgan fingerprint density at radius 2 is 2.25 bits per heavy atom. The van der Waals surface area contributed by atoms with E-state index in [0.29, 0.717) is 18.4 Å². The molecule has 1 aliphatic rings. The first-order valence-corrected chi connectivity index (χ1v) is 6.03. The van der Waals surface area contributed by atoms with Gasteiger partial charge in [-0.05, 0) is 36.8 Å². The van der Waals surface area contributed by atoms with E-state index in [-0.39, 0.29) is 12.0 Å². The summed E-state index contributed by atoms with van der Waals surface area (Å²) in [5.41, 5.74) is 6.67. The van der Waals surface area contributed by atoms with Crippen LogP contribution in [0.15, 0.2) is 24.4 Å². The van der Waals surface area contributed by atoms with Gasteiger partial charge in [0.1, 0.15) is 0 Å². The third-order valence-corrected chi connectivity index (χ3v) is 3.64. The average Bonchev–Trinajstić information content (AvgIpc) is 3.14. The Balaban J connectivity index is 2.09. The number of nitrogens with zero attached hydrogens (tertiary/aromatic N) is 1. The van der Waals surface area contributed by atoms with Crippen molar-refractivity contribution in [1.82, 2.24) is 4.98 Å². The van der Waals surface area contributed by atoms with E-state index in [4.69, 9.17) is 5.73 Å². The van der Waals surface area contributed by atoms with Crippen molar-refractivity contribution in [3.63, 3.8) is 0 Å². The third kappa shape index (κ3) is 2.42. The van der Waals surface area contributed by atoms with Crippen molar-refractivity contribution < 1.29 is 5.11 Å². The van der Waals surface area contributed by atoms with Crippen molar-refractivity contribution in [3.05, 3.63) is 30.1 Å². The van der Waals surface area contributed by atoms with Crippen LogP contribution in [0.3, 0.4) is 0 Å². The molecule has 1 aromatic rings. The van der Waals surface area contributed by atoms with Crippen molar-refractivity contribution in [3.8, 4) is 0 Å². The molecule has 0 radical (unpaired) electrons. The van der Waals surface area contributed by atoms with Gasteiger partial charge in [0.25, 0.3) is 0 Å². The van der Waals surface area contributed by atoms with Gasteiger partial charge in [-0.2, -0.15) is 0 Å². The molecule has 3 unspecified atom stereocenters. The summed E-state index contributed by atoms with van der Waals surface area (Å²) in [5, 5.41) is 10.3. The van der Waals surface area contributed by atoms with Gasteiger partial charge in [0, 0.05) is 24.4 Å². The minimum absolute atomic E-state index is 0.0307. The van der Waals surface area contributed by atoms with Gasteiger partial charge in [-0.3, -0.25) is 4.98 Å². The lowest BCUT2D eigenvalue weighted by Crippen LogP contribution is -2.32. The molecular formula is C13H20N2O. The number of pyridine rings is 1. The zero-order valence-electron chi connectivity index (χ0n) is 9.71. The maximum Gasteiger partial charge on any atom is 0.0664 e. The summed E-state index contributed by atoms with van der Waals surface area (Å²) in [7, 11) is 0. The van der Waals surface area contributed by atoms with Gasteiger partial charge in [-0.25, -0.2) is 0 Å². The van der Waals surface area contributed by atoms with Crippen LogP contribution in [0.2, 0.25) is 0 Å². The molecule has 0 spiro atoms. The molecule has 3 heteroatoms. The average molecular weight is 220 g/mol. The van der Waals surface area contributed by atoms with Crippen molar-refractivity contribution in [2.45, 2.75) is 31.8 Å². The fourth-order valence-electron chi connectivity index (χ4n) is 2.30. The van der Waals surface area contributed by atoms with Crippen LogP contribution >= 0.6 is 0 Å². The minimum Gasteiger partial charge on any atom is -0.392 e. The number of hydrogen-bond acceptors (Lipinski definition) is 3. The Kier molecular flexibility index (Phi) is 3.56. The summed E-state index contributed by atoms with van der Waals surface area (Å²) >= 11 is 0. The molecule has 16 heavy (non-hydrogen) atoms. The summed E-state index contributed by atoms with van der Waals surface area (Å²) in [6, 6.07) is 5.77. The third-order valence-electron chi connectivity index (χ3n) is 3.64. The van der Waals surface area contributed by atoms with Crippen molar-refractivity contribution in [2.24, 2.45) is 17.6 Å². The number of aliphatic hydroxyl groups excluding tert-OH is 1. The van der Waals surface area contributed by atoms with Crippen LogP contribution in [0, 0.1) is 11.8 Å². The number of aliphatic hydroxyl groups is 1. The van der Waals surface area contributed by atoms with Crippen molar-refractivity contribution >= 4 is 0 Å². The van der Waals surface area contributed by atoms with Crippen molar-refractivity contribution in [2.75, 3.05) is 6.54 Å². The van der Waals surface area contributed by atoms with E-state index < -0.39 is 0 Å². The highest BCUT2D eigenvalue weighted by atomic mass is 16.3. The molecule has 1 fully saturated rings. The second-order valence-electron chi connectivity index (χ2n) is 4.78. The van der Waals surface area contributed by atoms with E-state index in [9.17, 15) is 5.11 Å². The first kappa shape index (κ1) is 11.6. The van der Waals surface area contributed by atoms with Crippen LogP contribution in [0.25, 0.3) is 0 Å². The van der Waals surface area contributed by atoms with Crippen LogP contribution < -0.4 is 5.73 Å². The van der Waals surface area contributed by atoms with Gasteiger partial charge in [0.05, 0.1) is 6.10 Å². The molecule has 3 nitrogen and oxygen atoms in total. The van der Waals surface area contributed by atoms with Gasteiger partial charge in [-0.15, -0.1) is 0 Å². The molecular weight excluding hydrogens is 200 g/mol. The normalized spacial score (nSPS) is 21.4. The predicted molar refractivity (Wildman–Crippen MR) is 63.9 cm³/mol. The highest BCUT2D eigenvalue weighted by Crippen LogP contribution is 2.40. The molecule has 0 bridgehead atoms. The van der Waals surface area contributed by atoms with Crippen LogP contribution in [-0.2, 0) is 0 Å². The molecule has 2 rings (SSSR count). The van der Waals surface area contributed by atoms with Gasteiger partial charge >= 0.3 is 0 Å².